The largest absolute Gasteiger partial charge is 0.497 e. The summed E-state index contributed by atoms with van der Waals surface area (Å²) in [5, 5.41) is 12.8. The molecule has 1 N–H and O–H groups in total. The molecular formula is C21H26N4O. The number of methoxy groups -OCH3 is 1. The summed E-state index contributed by atoms with van der Waals surface area (Å²) >= 11 is 0. The molecule has 0 fully saturated rings. The van der Waals surface area contributed by atoms with E-state index in [0.29, 0.717) is 6.54 Å². The molecule has 3 aromatic rings. The highest BCUT2D eigenvalue weighted by Crippen LogP contribution is 2.20. The minimum absolute atomic E-state index is 0.712. The smallest absolute Gasteiger partial charge is 0.118 e. The maximum absolute atomic E-state index is 5.20. The SMILES string of the molecule is CCCn1nc(CNCCc2ccc(OC)cc2)c(-c2ccccc2)n1. The Bertz CT molecular complexity index is 797. The van der Waals surface area contributed by atoms with Gasteiger partial charge in [-0.1, -0.05) is 49.4 Å². The van der Waals surface area contributed by atoms with E-state index in [9.17, 15) is 0 Å². The van der Waals surface area contributed by atoms with Crippen LogP contribution in [0, 0.1) is 0 Å². The Morgan fingerprint density at radius 2 is 1.77 bits per heavy atom. The molecule has 1 heterocycles. The van der Waals surface area contributed by atoms with E-state index in [1.54, 1.807) is 7.11 Å². The molecule has 0 saturated carbocycles. The summed E-state index contributed by atoms with van der Waals surface area (Å²) in [5.41, 5.74) is 4.37. The molecule has 0 radical (unpaired) electrons. The lowest BCUT2D eigenvalue weighted by molar-refractivity contribution is 0.414. The quantitative estimate of drug-likeness (QED) is 0.598. The fourth-order valence-corrected chi connectivity index (χ4v) is 2.85. The van der Waals surface area contributed by atoms with Crippen molar-refractivity contribution in [2.24, 2.45) is 0 Å². The number of benzene rings is 2. The lowest BCUT2D eigenvalue weighted by Gasteiger charge is -2.06. The highest BCUT2D eigenvalue weighted by atomic mass is 16.5. The Hall–Kier alpha value is -2.66. The molecule has 0 spiro atoms. The van der Waals surface area contributed by atoms with Gasteiger partial charge in [0.25, 0.3) is 0 Å². The van der Waals surface area contributed by atoms with Crippen LogP contribution in [0.5, 0.6) is 5.75 Å². The molecule has 0 aliphatic heterocycles. The topological polar surface area (TPSA) is 52.0 Å². The van der Waals surface area contributed by atoms with Gasteiger partial charge in [-0.2, -0.15) is 15.0 Å². The van der Waals surface area contributed by atoms with Crippen LogP contribution < -0.4 is 10.1 Å². The first-order chi connectivity index (χ1) is 12.8. The van der Waals surface area contributed by atoms with E-state index in [2.05, 4.69) is 46.7 Å². The molecule has 3 rings (SSSR count). The zero-order chi connectivity index (χ0) is 18.2. The zero-order valence-electron chi connectivity index (χ0n) is 15.5. The second-order valence-corrected chi connectivity index (χ2v) is 6.23. The Morgan fingerprint density at radius 3 is 2.46 bits per heavy atom. The molecule has 136 valence electrons. The van der Waals surface area contributed by atoms with Crippen LogP contribution in [0.15, 0.2) is 54.6 Å². The lowest BCUT2D eigenvalue weighted by atomic mass is 10.1. The average Bonchev–Trinajstić information content (AvgIpc) is 3.09. The van der Waals surface area contributed by atoms with Crippen molar-refractivity contribution in [1.82, 2.24) is 20.3 Å². The van der Waals surface area contributed by atoms with E-state index in [0.717, 1.165) is 48.6 Å². The van der Waals surface area contributed by atoms with Crippen LogP contribution in [0.4, 0.5) is 0 Å². The molecule has 0 saturated heterocycles. The summed E-state index contributed by atoms with van der Waals surface area (Å²) in [5.74, 6) is 0.891. The van der Waals surface area contributed by atoms with E-state index >= 15 is 0 Å². The third-order valence-corrected chi connectivity index (χ3v) is 4.24. The fourth-order valence-electron chi connectivity index (χ4n) is 2.85. The van der Waals surface area contributed by atoms with Gasteiger partial charge in [0.05, 0.1) is 13.7 Å². The summed E-state index contributed by atoms with van der Waals surface area (Å²) in [6.45, 7) is 4.58. The van der Waals surface area contributed by atoms with Gasteiger partial charge in [0.2, 0.25) is 0 Å². The molecule has 0 bridgehead atoms. The van der Waals surface area contributed by atoms with Gasteiger partial charge in [0.15, 0.2) is 0 Å². The van der Waals surface area contributed by atoms with Crippen molar-refractivity contribution in [2.45, 2.75) is 32.9 Å². The van der Waals surface area contributed by atoms with Crippen LogP contribution >= 0.6 is 0 Å². The predicted molar refractivity (Wildman–Crippen MR) is 104 cm³/mol. The van der Waals surface area contributed by atoms with Crippen LogP contribution in [-0.4, -0.2) is 28.6 Å². The lowest BCUT2D eigenvalue weighted by Crippen LogP contribution is -2.17. The number of hydrogen-bond donors (Lipinski definition) is 1. The number of ether oxygens (including phenoxy) is 1. The average molecular weight is 350 g/mol. The first kappa shape index (κ1) is 18.1. The van der Waals surface area contributed by atoms with Gasteiger partial charge >= 0.3 is 0 Å². The molecule has 26 heavy (non-hydrogen) atoms. The maximum Gasteiger partial charge on any atom is 0.118 e. The molecule has 5 nitrogen and oxygen atoms in total. The Morgan fingerprint density at radius 1 is 1.00 bits per heavy atom. The monoisotopic (exact) mass is 350 g/mol. The highest BCUT2D eigenvalue weighted by Gasteiger charge is 2.12. The number of nitrogens with one attached hydrogen (secondary N) is 1. The summed E-state index contributed by atoms with van der Waals surface area (Å²) in [6, 6.07) is 18.5. The number of aryl methyl sites for hydroxylation is 1. The molecule has 0 unspecified atom stereocenters. The Kier molecular flexibility index (Phi) is 6.39. The van der Waals surface area contributed by atoms with Crippen molar-refractivity contribution in [1.29, 1.82) is 0 Å². The molecular weight excluding hydrogens is 324 g/mol. The first-order valence-electron chi connectivity index (χ1n) is 9.13. The van der Waals surface area contributed by atoms with Crippen molar-refractivity contribution in [3.8, 4) is 17.0 Å². The first-order valence-corrected chi connectivity index (χ1v) is 9.13. The van der Waals surface area contributed by atoms with Crippen LogP contribution in [0.25, 0.3) is 11.3 Å². The standard InChI is InChI=1S/C21H26N4O/c1-3-15-25-23-20(21(24-25)18-7-5-4-6-8-18)16-22-14-13-17-9-11-19(26-2)12-10-17/h4-12,22H,3,13-16H2,1-2H3. The zero-order valence-corrected chi connectivity index (χ0v) is 15.5. The summed E-state index contributed by atoms with van der Waals surface area (Å²) in [6.07, 6.45) is 1.99. The second-order valence-electron chi connectivity index (χ2n) is 6.23. The fraction of sp³-hybridized carbons (Fsp3) is 0.333. The van der Waals surface area contributed by atoms with Crippen LogP contribution in [0.3, 0.4) is 0 Å². The molecule has 2 aromatic carbocycles. The van der Waals surface area contributed by atoms with Gasteiger partial charge in [0, 0.05) is 12.1 Å². The number of nitrogens with zero attached hydrogens (tertiary/aromatic N) is 3. The normalized spacial score (nSPS) is 10.8. The summed E-state index contributed by atoms with van der Waals surface area (Å²) in [4.78, 5) is 1.81. The summed E-state index contributed by atoms with van der Waals surface area (Å²) < 4.78 is 5.20. The van der Waals surface area contributed by atoms with Gasteiger partial charge in [-0.25, -0.2) is 0 Å². The minimum Gasteiger partial charge on any atom is -0.497 e. The minimum atomic E-state index is 0.712. The molecule has 0 aliphatic rings. The number of rotatable bonds is 9. The van der Waals surface area contributed by atoms with Crippen molar-refractivity contribution in [3.63, 3.8) is 0 Å². The van der Waals surface area contributed by atoms with Crippen molar-refractivity contribution < 1.29 is 4.74 Å². The molecule has 5 heteroatoms. The third kappa shape index (κ3) is 4.70. The van der Waals surface area contributed by atoms with Crippen LogP contribution in [0.1, 0.15) is 24.6 Å². The van der Waals surface area contributed by atoms with Crippen LogP contribution in [-0.2, 0) is 19.5 Å². The van der Waals surface area contributed by atoms with Crippen molar-refractivity contribution in [2.75, 3.05) is 13.7 Å². The molecule has 0 amide bonds. The predicted octanol–water partition coefficient (Wildman–Crippen LogP) is 3.70. The van der Waals surface area contributed by atoms with E-state index in [4.69, 9.17) is 4.74 Å². The second kappa shape index (κ2) is 9.15. The number of hydrogen-bond acceptors (Lipinski definition) is 4. The van der Waals surface area contributed by atoms with E-state index in [-0.39, 0.29) is 0 Å². The van der Waals surface area contributed by atoms with Gasteiger partial charge in [0.1, 0.15) is 17.1 Å². The van der Waals surface area contributed by atoms with Crippen LogP contribution in [0.2, 0.25) is 0 Å². The third-order valence-electron chi connectivity index (χ3n) is 4.24. The van der Waals surface area contributed by atoms with E-state index < -0.39 is 0 Å². The van der Waals surface area contributed by atoms with Gasteiger partial charge in [-0.05, 0) is 37.1 Å². The van der Waals surface area contributed by atoms with Crippen molar-refractivity contribution in [3.05, 3.63) is 65.9 Å². The van der Waals surface area contributed by atoms with Gasteiger partial charge < -0.3 is 10.1 Å². The Labute approximate surface area is 155 Å². The molecule has 1 aromatic heterocycles. The maximum atomic E-state index is 5.20. The molecule has 0 aliphatic carbocycles. The summed E-state index contributed by atoms with van der Waals surface area (Å²) in [7, 11) is 1.69. The van der Waals surface area contributed by atoms with Gasteiger partial charge in [-0.15, -0.1) is 0 Å². The Balaban J connectivity index is 1.61. The number of aromatic nitrogens is 3. The van der Waals surface area contributed by atoms with E-state index in [1.807, 2.05) is 35.1 Å². The van der Waals surface area contributed by atoms with E-state index in [1.165, 1.54) is 5.56 Å². The van der Waals surface area contributed by atoms with Gasteiger partial charge in [-0.3, -0.25) is 0 Å². The highest BCUT2D eigenvalue weighted by molar-refractivity contribution is 5.60. The molecule has 0 atom stereocenters. The van der Waals surface area contributed by atoms with Crippen molar-refractivity contribution >= 4 is 0 Å².